The van der Waals surface area contributed by atoms with Gasteiger partial charge in [0, 0.05) is 11.3 Å². The summed E-state index contributed by atoms with van der Waals surface area (Å²) >= 11 is 3.69. The summed E-state index contributed by atoms with van der Waals surface area (Å²) in [4.78, 5) is 0. The summed E-state index contributed by atoms with van der Waals surface area (Å²) in [5.74, 6) is 0. The molecule has 0 radical (unpaired) electrons. The minimum atomic E-state index is 0.610. The molecule has 21 heavy (non-hydrogen) atoms. The molecule has 2 unspecified atom stereocenters. The number of hydrogen-bond donors (Lipinski definition) is 1. The molecule has 1 fully saturated rings. The lowest BCUT2D eigenvalue weighted by Gasteiger charge is -2.26. The monoisotopic (exact) mass is 327 g/mol. The van der Waals surface area contributed by atoms with Gasteiger partial charge in [0.25, 0.3) is 0 Å². The highest BCUT2D eigenvalue weighted by Gasteiger charge is 2.22. The first-order chi connectivity index (χ1) is 10.3. The van der Waals surface area contributed by atoms with Gasteiger partial charge in [0.05, 0.1) is 0 Å². The lowest BCUT2D eigenvalue weighted by atomic mass is 9.97. The van der Waals surface area contributed by atoms with Gasteiger partial charge in [-0.25, -0.2) is 0 Å². The van der Waals surface area contributed by atoms with Crippen LogP contribution in [-0.2, 0) is 0 Å². The normalized spacial score (nSPS) is 26.0. The second-order valence-electron chi connectivity index (χ2n) is 6.04. The molecular weight excluding hydrogens is 298 g/mol. The summed E-state index contributed by atoms with van der Waals surface area (Å²) < 4.78 is 1.14. The van der Waals surface area contributed by atoms with Crippen molar-refractivity contribution >= 4 is 23.1 Å². The van der Waals surface area contributed by atoms with E-state index in [1.54, 1.807) is 11.3 Å². The molecule has 1 aliphatic rings. The number of aromatic nitrogens is 2. The fourth-order valence-electron chi connectivity index (χ4n) is 3.08. The summed E-state index contributed by atoms with van der Waals surface area (Å²) in [6.07, 6.45) is 13.8. The Labute approximate surface area is 137 Å². The van der Waals surface area contributed by atoms with Crippen molar-refractivity contribution in [2.24, 2.45) is 0 Å². The molecule has 1 saturated carbocycles. The molecule has 1 aromatic heterocycles. The predicted octanol–water partition coefficient (Wildman–Crippen LogP) is 4.81. The van der Waals surface area contributed by atoms with Crippen LogP contribution in [0.3, 0.4) is 0 Å². The maximum Gasteiger partial charge on any atom is 0.174 e. The fourth-order valence-corrected chi connectivity index (χ4v) is 5.49. The standard InChI is InChI=1S/C16H29N3S2/c1-13-18-19-16(20-13)21-15-12-10-8-6-4-3-5-7-9-11-14(15)17-2/h14-15,17H,3-12H2,1-2H3. The molecule has 1 aliphatic carbocycles. The van der Waals surface area contributed by atoms with Gasteiger partial charge in [-0.05, 0) is 26.8 Å². The SMILES string of the molecule is CNC1CCCCCCCCCCC1Sc1nnc(C)s1. The third kappa shape index (κ3) is 6.25. The Kier molecular flexibility index (Phi) is 8.04. The quantitative estimate of drug-likeness (QED) is 0.864. The van der Waals surface area contributed by atoms with E-state index in [0.717, 1.165) is 9.35 Å². The molecule has 0 saturated heterocycles. The van der Waals surface area contributed by atoms with Gasteiger partial charge in [-0.3, -0.25) is 0 Å². The topological polar surface area (TPSA) is 37.8 Å². The number of aryl methyl sites for hydroxylation is 1. The minimum absolute atomic E-state index is 0.610. The van der Waals surface area contributed by atoms with E-state index in [4.69, 9.17) is 0 Å². The zero-order chi connectivity index (χ0) is 14.9. The Morgan fingerprint density at radius 3 is 2.14 bits per heavy atom. The van der Waals surface area contributed by atoms with Crippen molar-refractivity contribution in [3.8, 4) is 0 Å². The van der Waals surface area contributed by atoms with Gasteiger partial charge in [-0.15, -0.1) is 10.2 Å². The second kappa shape index (κ2) is 9.80. The Morgan fingerprint density at radius 1 is 0.952 bits per heavy atom. The van der Waals surface area contributed by atoms with Crippen molar-refractivity contribution in [2.75, 3.05) is 7.05 Å². The van der Waals surface area contributed by atoms with Crippen molar-refractivity contribution in [3.05, 3.63) is 5.01 Å². The lowest BCUT2D eigenvalue weighted by Crippen LogP contribution is -2.35. The van der Waals surface area contributed by atoms with Crippen LogP contribution < -0.4 is 5.32 Å². The van der Waals surface area contributed by atoms with E-state index in [0.29, 0.717) is 11.3 Å². The number of hydrogen-bond acceptors (Lipinski definition) is 5. The first-order valence-electron chi connectivity index (χ1n) is 8.43. The van der Waals surface area contributed by atoms with Crippen LogP contribution in [0.25, 0.3) is 0 Å². The Bertz CT molecular complexity index is 395. The van der Waals surface area contributed by atoms with Crippen LogP contribution >= 0.6 is 23.1 Å². The molecule has 0 amide bonds. The largest absolute Gasteiger partial charge is 0.316 e. The second-order valence-corrected chi connectivity index (χ2v) is 8.71. The van der Waals surface area contributed by atoms with Gasteiger partial charge in [0.2, 0.25) is 0 Å². The Morgan fingerprint density at radius 2 is 1.57 bits per heavy atom. The van der Waals surface area contributed by atoms with E-state index >= 15 is 0 Å². The van der Waals surface area contributed by atoms with E-state index < -0.39 is 0 Å². The molecule has 1 aromatic rings. The summed E-state index contributed by atoms with van der Waals surface area (Å²) in [6.45, 7) is 2.04. The molecule has 0 aromatic carbocycles. The third-order valence-corrected chi connectivity index (χ3v) is 6.66. The molecule has 3 nitrogen and oxygen atoms in total. The van der Waals surface area contributed by atoms with E-state index in [2.05, 4.69) is 22.6 Å². The van der Waals surface area contributed by atoms with Gasteiger partial charge in [0.1, 0.15) is 5.01 Å². The first kappa shape index (κ1) is 17.2. The van der Waals surface area contributed by atoms with Crippen LogP contribution in [0.15, 0.2) is 4.34 Å². The summed E-state index contributed by atoms with van der Waals surface area (Å²) in [7, 11) is 2.12. The van der Waals surface area contributed by atoms with Crippen LogP contribution in [0.2, 0.25) is 0 Å². The van der Waals surface area contributed by atoms with Gasteiger partial charge < -0.3 is 5.32 Å². The smallest absolute Gasteiger partial charge is 0.174 e. The summed E-state index contributed by atoms with van der Waals surface area (Å²) in [5.41, 5.74) is 0. The highest BCUT2D eigenvalue weighted by Crippen LogP contribution is 2.33. The first-order valence-corrected chi connectivity index (χ1v) is 10.1. The summed E-state index contributed by atoms with van der Waals surface area (Å²) in [5, 5.41) is 13.8. The van der Waals surface area contributed by atoms with Crippen LogP contribution in [0.4, 0.5) is 0 Å². The Balaban J connectivity index is 1.95. The van der Waals surface area contributed by atoms with Crippen molar-refractivity contribution in [3.63, 3.8) is 0 Å². The molecule has 120 valence electrons. The van der Waals surface area contributed by atoms with Crippen LogP contribution in [-0.4, -0.2) is 28.5 Å². The number of rotatable bonds is 3. The van der Waals surface area contributed by atoms with Crippen molar-refractivity contribution < 1.29 is 0 Å². The van der Waals surface area contributed by atoms with Gasteiger partial charge in [0.15, 0.2) is 4.34 Å². The molecule has 0 bridgehead atoms. The average Bonchev–Trinajstić information content (AvgIpc) is 2.87. The van der Waals surface area contributed by atoms with Crippen LogP contribution in [0.1, 0.15) is 69.2 Å². The molecule has 5 heteroatoms. The maximum atomic E-state index is 4.31. The van der Waals surface area contributed by atoms with E-state index in [9.17, 15) is 0 Å². The van der Waals surface area contributed by atoms with E-state index in [-0.39, 0.29) is 0 Å². The number of thioether (sulfide) groups is 1. The van der Waals surface area contributed by atoms with Crippen molar-refractivity contribution in [1.82, 2.24) is 15.5 Å². The van der Waals surface area contributed by atoms with Gasteiger partial charge >= 0.3 is 0 Å². The molecule has 1 N–H and O–H groups in total. The van der Waals surface area contributed by atoms with Crippen LogP contribution in [0.5, 0.6) is 0 Å². The molecule has 1 heterocycles. The van der Waals surface area contributed by atoms with Gasteiger partial charge in [-0.2, -0.15) is 0 Å². The van der Waals surface area contributed by atoms with Crippen LogP contribution in [0, 0.1) is 6.92 Å². The zero-order valence-electron chi connectivity index (χ0n) is 13.4. The highest BCUT2D eigenvalue weighted by molar-refractivity contribution is 8.01. The lowest BCUT2D eigenvalue weighted by molar-refractivity contribution is 0.434. The van der Waals surface area contributed by atoms with E-state index in [1.807, 2.05) is 18.7 Å². The summed E-state index contributed by atoms with van der Waals surface area (Å²) in [6, 6.07) is 0.610. The van der Waals surface area contributed by atoms with E-state index in [1.165, 1.54) is 64.2 Å². The minimum Gasteiger partial charge on any atom is -0.316 e. The number of nitrogens with one attached hydrogen (secondary N) is 1. The number of nitrogens with zero attached hydrogens (tertiary/aromatic N) is 2. The van der Waals surface area contributed by atoms with Crippen molar-refractivity contribution in [1.29, 1.82) is 0 Å². The fraction of sp³-hybridized carbons (Fsp3) is 0.875. The highest BCUT2D eigenvalue weighted by atomic mass is 32.2. The van der Waals surface area contributed by atoms with Gasteiger partial charge in [-0.1, -0.05) is 74.5 Å². The molecule has 2 atom stereocenters. The molecule has 2 rings (SSSR count). The molecule has 0 aliphatic heterocycles. The third-order valence-electron chi connectivity index (χ3n) is 4.33. The average molecular weight is 328 g/mol. The zero-order valence-corrected chi connectivity index (χ0v) is 15.1. The molecule has 0 spiro atoms. The maximum absolute atomic E-state index is 4.31. The van der Waals surface area contributed by atoms with Crippen molar-refractivity contribution in [2.45, 2.75) is 86.8 Å². The molecular formula is C16H29N3S2. The predicted molar refractivity (Wildman–Crippen MR) is 93.3 cm³/mol. The Hall–Kier alpha value is -0.130.